The molecule has 0 spiro atoms. The van der Waals surface area contributed by atoms with Gasteiger partial charge in [0.1, 0.15) is 5.82 Å². The fourth-order valence-electron chi connectivity index (χ4n) is 2.92. The van der Waals surface area contributed by atoms with E-state index in [0.29, 0.717) is 30.3 Å². The van der Waals surface area contributed by atoms with Crippen LogP contribution in [0.5, 0.6) is 0 Å². The summed E-state index contributed by atoms with van der Waals surface area (Å²) < 4.78 is 52.2. The molecule has 0 radical (unpaired) electrons. The number of Topliss-reactive ketones (excluding diaryl/α,β-unsaturated/α-hetero) is 1. The highest BCUT2D eigenvalue weighted by Crippen LogP contribution is 2.32. The lowest BCUT2D eigenvalue weighted by Crippen LogP contribution is -2.34. The Labute approximate surface area is 153 Å². The molecule has 1 aliphatic rings. The Morgan fingerprint density at radius 1 is 1.07 bits per heavy atom. The maximum Gasteiger partial charge on any atom is 0.419 e. The van der Waals surface area contributed by atoms with E-state index in [4.69, 9.17) is 0 Å². The Bertz CT molecular complexity index is 917. The predicted octanol–water partition coefficient (Wildman–Crippen LogP) is 4.22. The Balaban J connectivity index is 1.96. The first kappa shape index (κ1) is 19.0. The number of halogens is 4. The van der Waals surface area contributed by atoms with Crippen molar-refractivity contribution in [2.24, 2.45) is 0 Å². The summed E-state index contributed by atoms with van der Waals surface area (Å²) in [6.45, 7) is 0.713. The smallest absolute Gasteiger partial charge is 0.298 e. The number of carbonyl (C=O) groups is 1. The second kappa shape index (κ2) is 7.44. The zero-order chi connectivity index (χ0) is 19.6. The molecule has 0 saturated carbocycles. The number of pyridine rings is 1. The minimum absolute atomic E-state index is 0.128. The highest BCUT2D eigenvalue weighted by molar-refractivity contribution is 6.14. The van der Waals surface area contributed by atoms with Gasteiger partial charge in [0.25, 0.3) is 0 Å². The van der Waals surface area contributed by atoms with Gasteiger partial charge in [0.05, 0.1) is 5.56 Å². The van der Waals surface area contributed by atoms with E-state index >= 15 is 0 Å². The van der Waals surface area contributed by atoms with Crippen LogP contribution < -0.4 is 0 Å². The molecule has 1 aromatic heterocycles. The van der Waals surface area contributed by atoms with Gasteiger partial charge in [0, 0.05) is 36.6 Å². The quantitative estimate of drug-likeness (QED) is 0.581. The van der Waals surface area contributed by atoms with Crippen molar-refractivity contribution < 1.29 is 22.4 Å². The molecule has 2 heterocycles. The molecule has 0 bridgehead atoms. The van der Waals surface area contributed by atoms with Crippen LogP contribution in [0.15, 0.2) is 53.9 Å². The van der Waals surface area contributed by atoms with E-state index in [1.165, 1.54) is 12.1 Å². The maximum absolute atomic E-state index is 13.5. The van der Waals surface area contributed by atoms with Crippen LogP contribution >= 0.6 is 0 Å². The molecule has 0 aliphatic carbocycles. The first-order valence-corrected chi connectivity index (χ1v) is 8.15. The van der Waals surface area contributed by atoms with Crippen molar-refractivity contribution in [2.45, 2.75) is 6.18 Å². The number of hydrogen-bond acceptors (Lipinski definition) is 3. The average molecular weight is 376 g/mol. The molecule has 27 heavy (non-hydrogen) atoms. The number of aromatic nitrogens is 1. The summed E-state index contributed by atoms with van der Waals surface area (Å²) in [5, 5.41) is 0. The molecule has 0 N–H and O–H groups in total. The number of alkyl halides is 3. The van der Waals surface area contributed by atoms with E-state index < -0.39 is 17.6 Å². The molecule has 140 valence electrons. The van der Waals surface area contributed by atoms with E-state index in [2.05, 4.69) is 4.98 Å². The van der Waals surface area contributed by atoms with Crippen LogP contribution in [0.2, 0.25) is 0 Å². The number of nitrogens with zero attached hydrogens (tertiary/aromatic N) is 2. The predicted molar refractivity (Wildman–Crippen MR) is 94.1 cm³/mol. The van der Waals surface area contributed by atoms with Gasteiger partial charge >= 0.3 is 6.18 Å². The Kier molecular flexibility index (Phi) is 5.23. The highest BCUT2D eigenvalue weighted by Gasteiger charge is 2.34. The normalized spacial score (nSPS) is 19.1. The van der Waals surface area contributed by atoms with Gasteiger partial charge < -0.3 is 0 Å². The molecule has 1 aromatic carbocycles. The van der Waals surface area contributed by atoms with Gasteiger partial charge in [-0.15, -0.1) is 0 Å². The second-order valence-corrected chi connectivity index (χ2v) is 6.36. The summed E-state index contributed by atoms with van der Waals surface area (Å²) in [5.41, 5.74) is 0.402. The average Bonchev–Trinajstić information content (AvgIpc) is 2.60. The monoisotopic (exact) mass is 376 g/mol. The Morgan fingerprint density at radius 3 is 2.33 bits per heavy atom. The zero-order valence-corrected chi connectivity index (χ0v) is 14.4. The van der Waals surface area contributed by atoms with Crippen LogP contribution in [0, 0.1) is 5.82 Å². The fourth-order valence-corrected chi connectivity index (χ4v) is 2.92. The number of rotatable bonds is 2. The van der Waals surface area contributed by atoms with Crippen molar-refractivity contribution in [1.29, 1.82) is 0 Å². The molecule has 1 fully saturated rings. The second-order valence-electron chi connectivity index (χ2n) is 6.36. The number of likely N-dealkylation sites (tertiary alicyclic amines) is 1. The fraction of sp³-hybridized carbons (Fsp3) is 0.200. The minimum Gasteiger partial charge on any atom is -0.298 e. The van der Waals surface area contributed by atoms with Crippen LogP contribution in [0.4, 0.5) is 17.6 Å². The summed E-state index contributed by atoms with van der Waals surface area (Å²) in [6, 6.07) is 6.26. The van der Waals surface area contributed by atoms with Gasteiger partial charge in [-0.2, -0.15) is 13.2 Å². The van der Waals surface area contributed by atoms with Crippen molar-refractivity contribution in [3.05, 3.63) is 76.4 Å². The number of likely N-dealkylation sites (N-methyl/N-ethyl adjacent to an activating group) is 1. The minimum atomic E-state index is -4.79. The first-order valence-electron chi connectivity index (χ1n) is 8.15. The van der Waals surface area contributed by atoms with Gasteiger partial charge in [-0.1, -0.05) is 12.1 Å². The van der Waals surface area contributed by atoms with Gasteiger partial charge in [-0.05, 0) is 48.5 Å². The molecule has 3 rings (SSSR count). The van der Waals surface area contributed by atoms with E-state index in [1.807, 2.05) is 11.9 Å². The Morgan fingerprint density at radius 2 is 1.74 bits per heavy atom. The highest BCUT2D eigenvalue weighted by atomic mass is 19.4. The number of carbonyl (C=O) groups excluding carboxylic acids is 1. The topological polar surface area (TPSA) is 33.2 Å². The number of benzene rings is 1. The zero-order valence-electron chi connectivity index (χ0n) is 14.4. The molecule has 0 amide bonds. The third-order valence-electron chi connectivity index (χ3n) is 4.13. The lowest BCUT2D eigenvalue weighted by Gasteiger charge is -2.26. The van der Waals surface area contributed by atoms with Gasteiger partial charge in [-0.25, -0.2) is 4.39 Å². The van der Waals surface area contributed by atoms with Crippen LogP contribution in [0.3, 0.4) is 0 Å². The third-order valence-corrected chi connectivity index (χ3v) is 4.13. The standard InChI is InChI=1S/C20H16F4N2O/c1-26-11-15(7-13-4-5-18(21)17(9-13)20(22,23)24)19(27)16(12-26)8-14-3-2-6-25-10-14/h2-10H,11-12H2,1H3/b15-7+,16-8+. The SMILES string of the molecule is CN1C/C(=C\c2cccnc2)C(=O)/C(=C/c2ccc(F)c(C(F)(F)F)c2)C1. The number of piperidine rings is 1. The summed E-state index contributed by atoms with van der Waals surface area (Å²) in [7, 11) is 1.81. The summed E-state index contributed by atoms with van der Waals surface area (Å²) >= 11 is 0. The van der Waals surface area contributed by atoms with Crippen LogP contribution in [0.1, 0.15) is 16.7 Å². The van der Waals surface area contributed by atoms with E-state index in [0.717, 1.165) is 11.6 Å². The van der Waals surface area contributed by atoms with Crippen molar-refractivity contribution in [3.63, 3.8) is 0 Å². The molecule has 3 nitrogen and oxygen atoms in total. The van der Waals surface area contributed by atoms with Crippen LogP contribution in [-0.4, -0.2) is 35.8 Å². The molecule has 0 unspecified atom stereocenters. The summed E-state index contributed by atoms with van der Waals surface area (Å²) in [4.78, 5) is 18.6. The molecule has 7 heteroatoms. The molecular weight excluding hydrogens is 360 g/mol. The van der Waals surface area contributed by atoms with Gasteiger partial charge in [0.15, 0.2) is 5.78 Å². The van der Waals surface area contributed by atoms with Crippen molar-refractivity contribution in [1.82, 2.24) is 9.88 Å². The molecule has 2 aromatic rings. The van der Waals surface area contributed by atoms with Crippen LogP contribution in [0.25, 0.3) is 12.2 Å². The number of hydrogen-bond donors (Lipinski definition) is 0. The summed E-state index contributed by atoms with van der Waals surface area (Å²) in [6.07, 6.45) is 1.54. The van der Waals surface area contributed by atoms with E-state index in [1.54, 1.807) is 30.6 Å². The molecular formula is C20H16F4N2O. The van der Waals surface area contributed by atoms with Crippen molar-refractivity contribution >= 4 is 17.9 Å². The van der Waals surface area contributed by atoms with E-state index in [9.17, 15) is 22.4 Å². The molecule has 1 saturated heterocycles. The lowest BCUT2D eigenvalue weighted by atomic mass is 9.94. The van der Waals surface area contributed by atoms with Gasteiger partial charge in [-0.3, -0.25) is 14.7 Å². The maximum atomic E-state index is 13.5. The third kappa shape index (κ3) is 4.49. The lowest BCUT2D eigenvalue weighted by molar-refractivity contribution is -0.140. The Hall–Kier alpha value is -2.80. The van der Waals surface area contributed by atoms with Crippen molar-refractivity contribution in [3.8, 4) is 0 Å². The molecule has 0 atom stereocenters. The molecule has 1 aliphatic heterocycles. The van der Waals surface area contributed by atoms with E-state index in [-0.39, 0.29) is 11.3 Å². The van der Waals surface area contributed by atoms with Crippen LogP contribution in [-0.2, 0) is 11.0 Å². The van der Waals surface area contributed by atoms with Crippen molar-refractivity contribution in [2.75, 3.05) is 20.1 Å². The number of ketones is 1. The first-order chi connectivity index (χ1) is 12.7. The summed E-state index contributed by atoms with van der Waals surface area (Å²) in [5.74, 6) is -1.58. The largest absolute Gasteiger partial charge is 0.419 e. The van der Waals surface area contributed by atoms with Gasteiger partial charge in [0.2, 0.25) is 0 Å².